The van der Waals surface area contributed by atoms with E-state index in [1.165, 1.54) is 4.90 Å². The van der Waals surface area contributed by atoms with Crippen molar-refractivity contribution < 1.29 is 14.6 Å². The second kappa shape index (κ2) is 7.94. The number of ether oxygens (including phenoxy) is 1. The molecular formula is C23H25N3O4S. The van der Waals surface area contributed by atoms with E-state index in [4.69, 9.17) is 9.73 Å². The van der Waals surface area contributed by atoms with Crippen molar-refractivity contribution in [3.05, 3.63) is 67.3 Å². The Kier molecular flexibility index (Phi) is 5.45. The molecule has 7 nitrogen and oxygen atoms in total. The van der Waals surface area contributed by atoms with Crippen LogP contribution in [0.4, 0.5) is 11.4 Å². The number of anilines is 2. The second-order valence-electron chi connectivity index (χ2n) is 8.40. The van der Waals surface area contributed by atoms with Crippen LogP contribution in [0.15, 0.2) is 45.5 Å². The minimum atomic E-state index is -0.305. The molecule has 0 spiro atoms. The predicted molar refractivity (Wildman–Crippen MR) is 121 cm³/mol. The highest BCUT2D eigenvalue weighted by atomic mass is 32.1. The van der Waals surface area contributed by atoms with Crippen molar-refractivity contribution in [3.8, 4) is 5.75 Å². The highest BCUT2D eigenvalue weighted by Gasteiger charge is 2.43. The summed E-state index contributed by atoms with van der Waals surface area (Å²) in [5.74, 6) is -0.463. The van der Waals surface area contributed by atoms with E-state index in [1.54, 1.807) is 50.6 Å². The van der Waals surface area contributed by atoms with Crippen molar-refractivity contribution in [1.82, 2.24) is 4.90 Å². The van der Waals surface area contributed by atoms with Gasteiger partial charge in [-0.1, -0.05) is 19.1 Å². The summed E-state index contributed by atoms with van der Waals surface area (Å²) in [7, 11) is 3.25. The number of amides is 1. The van der Waals surface area contributed by atoms with E-state index in [0.717, 1.165) is 4.88 Å². The lowest BCUT2D eigenvalue weighted by molar-refractivity contribution is -0.115. The quantitative estimate of drug-likeness (QED) is 0.576. The lowest BCUT2D eigenvalue weighted by Gasteiger charge is -2.42. The standard InChI is InChI=1S/C23H25N3O4S/c1-13-17(24-15-8-5-7-14(20(15)28)22(29)26(3)4)18(19(13)27)25-21(16-9-6-10-31-16)23(2)11-30-12-23/h5-10,21,24,28H,11-12H2,1-4H3. The minimum absolute atomic E-state index is 0.118. The molecule has 0 aliphatic carbocycles. The summed E-state index contributed by atoms with van der Waals surface area (Å²) in [5.41, 5.74) is 1.36. The Balaban J connectivity index is 1.74. The van der Waals surface area contributed by atoms with E-state index in [9.17, 15) is 14.7 Å². The maximum Gasteiger partial charge on any atom is 0.257 e. The molecule has 2 aromatic carbocycles. The molecule has 4 rings (SSSR count). The fourth-order valence-electron chi connectivity index (χ4n) is 3.71. The van der Waals surface area contributed by atoms with Gasteiger partial charge in [0.1, 0.15) is 5.36 Å². The van der Waals surface area contributed by atoms with Gasteiger partial charge in [-0.3, -0.25) is 14.6 Å². The Morgan fingerprint density at radius 2 is 2.03 bits per heavy atom. The van der Waals surface area contributed by atoms with Crippen LogP contribution in [0, 0.1) is 12.3 Å². The number of phenols is 1. The van der Waals surface area contributed by atoms with Crippen LogP contribution in [0.1, 0.15) is 33.8 Å². The van der Waals surface area contributed by atoms with Crippen molar-refractivity contribution in [2.45, 2.75) is 19.9 Å². The van der Waals surface area contributed by atoms with Crippen LogP contribution in [0.25, 0.3) is 0 Å². The lowest BCUT2D eigenvalue weighted by Crippen LogP contribution is -2.46. The third-order valence-electron chi connectivity index (χ3n) is 5.69. The number of carbonyl (C=O) groups is 1. The van der Waals surface area contributed by atoms with Gasteiger partial charge < -0.3 is 20.1 Å². The topological polar surface area (TPSA) is 91.2 Å². The minimum Gasteiger partial charge on any atom is -0.505 e. The molecule has 1 unspecified atom stereocenters. The van der Waals surface area contributed by atoms with Crippen LogP contribution in [-0.2, 0) is 4.74 Å². The van der Waals surface area contributed by atoms with Crippen LogP contribution in [-0.4, -0.2) is 43.2 Å². The summed E-state index contributed by atoms with van der Waals surface area (Å²) in [6.45, 7) is 5.01. The Morgan fingerprint density at radius 1 is 1.29 bits per heavy atom. The number of hydrogen-bond donors (Lipinski definition) is 2. The van der Waals surface area contributed by atoms with Crippen LogP contribution in [0.2, 0.25) is 0 Å². The first-order valence-corrected chi connectivity index (χ1v) is 10.9. The summed E-state index contributed by atoms with van der Waals surface area (Å²) in [6, 6.07) is 8.73. The summed E-state index contributed by atoms with van der Waals surface area (Å²) in [6.07, 6.45) is 0. The van der Waals surface area contributed by atoms with E-state index in [-0.39, 0.29) is 34.1 Å². The lowest BCUT2D eigenvalue weighted by atomic mass is 9.80. The van der Waals surface area contributed by atoms with Gasteiger partial charge in [0.05, 0.1) is 36.2 Å². The maximum absolute atomic E-state index is 12.7. The average molecular weight is 440 g/mol. The first-order valence-electron chi connectivity index (χ1n) is 9.98. The molecule has 0 bridgehead atoms. The number of nitrogens with zero attached hydrogens (tertiary/aromatic N) is 2. The predicted octanol–water partition coefficient (Wildman–Crippen LogP) is 3.12. The van der Waals surface area contributed by atoms with Crippen molar-refractivity contribution >= 4 is 28.6 Å². The summed E-state index contributed by atoms with van der Waals surface area (Å²) in [4.78, 5) is 32.3. The zero-order valence-electron chi connectivity index (χ0n) is 17.9. The third kappa shape index (κ3) is 3.66. The molecule has 162 valence electrons. The Hall–Kier alpha value is -2.97. The summed E-state index contributed by atoms with van der Waals surface area (Å²) >= 11 is 1.61. The highest BCUT2D eigenvalue weighted by Crippen LogP contribution is 2.44. The monoisotopic (exact) mass is 439 g/mol. The number of para-hydroxylation sites is 1. The van der Waals surface area contributed by atoms with Crippen molar-refractivity contribution in [3.63, 3.8) is 0 Å². The van der Waals surface area contributed by atoms with Gasteiger partial charge in [-0.15, -0.1) is 11.3 Å². The van der Waals surface area contributed by atoms with E-state index < -0.39 is 0 Å². The molecule has 1 aromatic heterocycles. The van der Waals surface area contributed by atoms with Crippen LogP contribution in [0.3, 0.4) is 0 Å². The molecule has 2 N–H and O–H groups in total. The van der Waals surface area contributed by atoms with Crippen molar-refractivity contribution in [2.24, 2.45) is 10.4 Å². The zero-order valence-corrected chi connectivity index (χ0v) is 18.7. The van der Waals surface area contributed by atoms with Crippen LogP contribution in [0.5, 0.6) is 5.75 Å². The Labute approximate surface area is 184 Å². The Bertz CT molecular complexity index is 1200. The van der Waals surface area contributed by atoms with Gasteiger partial charge in [0.2, 0.25) is 5.43 Å². The zero-order chi connectivity index (χ0) is 22.3. The number of nitrogens with one attached hydrogen (secondary N) is 1. The molecule has 0 saturated carbocycles. The molecule has 0 radical (unpaired) electrons. The van der Waals surface area contributed by atoms with Gasteiger partial charge >= 0.3 is 0 Å². The van der Waals surface area contributed by atoms with Gasteiger partial charge in [0, 0.05) is 30.0 Å². The largest absolute Gasteiger partial charge is 0.505 e. The number of rotatable bonds is 6. The third-order valence-corrected chi connectivity index (χ3v) is 6.62. The fraction of sp³-hybridized carbons (Fsp3) is 0.348. The van der Waals surface area contributed by atoms with E-state index in [0.29, 0.717) is 35.5 Å². The van der Waals surface area contributed by atoms with E-state index >= 15 is 0 Å². The number of hydrogen-bond acceptors (Lipinski definition) is 7. The smallest absolute Gasteiger partial charge is 0.257 e. The molecule has 2 heterocycles. The normalized spacial score (nSPS) is 16.7. The molecular weight excluding hydrogens is 414 g/mol. The molecule has 8 heteroatoms. The number of aromatic hydroxyl groups is 1. The van der Waals surface area contributed by atoms with Crippen molar-refractivity contribution in [2.75, 3.05) is 32.6 Å². The fourth-order valence-corrected chi connectivity index (χ4v) is 4.65. The maximum atomic E-state index is 12.7. The van der Waals surface area contributed by atoms with Gasteiger partial charge in [-0.05, 0) is 30.5 Å². The van der Waals surface area contributed by atoms with Crippen LogP contribution >= 0.6 is 11.3 Å². The molecule has 1 aliphatic rings. The van der Waals surface area contributed by atoms with Gasteiger partial charge in [-0.2, -0.15) is 0 Å². The average Bonchev–Trinajstić information content (AvgIpc) is 3.26. The van der Waals surface area contributed by atoms with Crippen LogP contribution < -0.4 is 16.1 Å². The number of carbonyl (C=O) groups excluding carboxylic acids is 1. The molecule has 1 saturated heterocycles. The molecule has 1 atom stereocenters. The van der Waals surface area contributed by atoms with Gasteiger partial charge in [-0.25, -0.2) is 0 Å². The van der Waals surface area contributed by atoms with E-state index in [1.807, 2.05) is 17.5 Å². The number of phenolic OH excluding ortho intramolecular Hbond substituents is 1. The molecule has 31 heavy (non-hydrogen) atoms. The Morgan fingerprint density at radius 3 is 2.61 bits per heavy atom. The second-order valence-corrected chi connectivity index (χ2v) is 9.38. The molecule has 3 aromatic rings. The SMILES string of the molecule is Cc1c(Nc2cccc(C(=O)N(C)C)c2O)c(=NC(c2cccs2)C2(C)COC2)c1=O. The first kappa shape index (κ1) is 21.3. The molecule has 1 aliphatic heterocycles. The number of thiophene rings is 1. The molecule has 1 fully saturated rings. The van der Waals surface area contributed by atoms with E-state index in [2.05, 4.69) is 12.2 Å². The van der Waals surface area contributed by atoms with Gasteiger partial charge in [0.15, 0.2) is 5.75 Å². The summed E-state index contributed by atoms with van der Waals surface area (Å²) in [5, 5.41) is 16.1. The first-order chi connectivity index (χ1) is 14.7. The number of benzene rings is 1. The van der Waals surface area contributed by atoms with Gasteiger partial charge in [0.25, 0.3) is 5.91 Å². The summed E-state index contributed by atoms with van der Waals surface area (Å²) < 4.78 is 5.45. The van der Waals surface area contributed by atoms with Crippen molar-refractivity contribution in [1.29, 1.82) is 0 Å². The molecule has 1 amide bonds. The highest BCUT2D eigenvalue weighted by molar-refractivity contribution is 7.10.